The molecular formula is C34H38ClN5O2. The van der Waals surface area contributed by atoms with Crippen LogP contribution >= 0.6 is 11.6 Å². The van der Waals surface area contributed by atoms with Crippen LogP contribution < -0.4 is 15.5 Å². The zero-order valence-electron chi connectivity index (χ0n) is 24.1. The number of fused-ring (bicyclic) bond motifs is 1. The van der Waals surface area contributed by atoms with Crippen LogP contribution in [0.25, 0.3) is 0 Å². The summed E-state index contributed by atoms with van der Waals surface area (Å²) in [6.45, 7) is 6.72. The van der Waals surface area contributed by atoms with E-state index >= 15 is 0 Å². The molecule has 3 aromatic rings. The highest BCUT2D eigenvalue weighted by Crippen LogP contribution is 2.39. The third-order valence-electron chi connectivity index (χ3n) is 9.10. The number of nitrogens with zero attached hydrogens (tertiary/aromatic N) is 3. The number of piperidine rings is 1. The lowest BCUT2D eigenvalue weighted by molar-refractivity contribution is -0.139. The van der Waals surface area contributed by atoms with Crippen LogP contribution in [-0.2, 0) is 29.0 Å². The molecule has 2 fully saturated rings. The van der Waals surface area contributed by atoms with E-state index in [0.29, 0.717) is 44.0 Å². The number of hydrogen-bond acceptors (Lipinski definition) is 5. The fourth-order valence-corrected chi connectivity index (χ4v) is 6.83. The smallest absolute Gasteiger partial charge is 0.249 e. The topological polar surface area (TPSA) is 67.9 Å². The molecule has 0 aliphatic carbocycles. The van der Waals surface area contributed by atoms with Gasteiger partial charge in [0.25, 0.3) is 0 Å². The number of likely N-dealkylation sites (tertiary alicyclic amines) is 1. The highest BCUT2D eigenvalue weighted by atomic mass is 35.5. The molecule has 3 aromatic carbocycles. The highest BCUT2D eigenvalue weighted by Gasteiger charge is 2.53. The maximum atomic E-state index is 14.2. The third kappa shape index (κ3) is 5.51. The van der Waals surface area contributed by atoms with Crippen molar-refractivity contribution in [1.82, 2.24) is 20.4 Å². The first-order valence-electron chi connectivity index (χ1n) is 14.7. The van der Waals surface area contributed by atoms with Crippen LogP contribution in [0.1, 0.15) is 29.5 Å². The summed E-state index contributed by atoms with van der Waals surface area (Å²) in [6.07, 6.45) is 2.51. The Morgan fingerprint density at radius 2 is 1.69 bits per heavy atom. The maximum absolute atomic E-state index is 14.2. The first kappa shape index (κ1) is 28.3. The molecule has 0 aromatic heterocycles. The van der Waals surface area contributed by atoms with Gasteiger partial charge in [-0.25, -0.2) is 0 Å². The average Bonchev–Trinajstić information content (AvgIpc) is 3.26. The predicted molar refractivity (Wildman–Crippen MR) is 167 cm³/mol. The Bertz CT molecular complexity index is 1450. The van der Waals surface area contributed by atoms with Gasteiger partial charge in [-0.05, 0) is 60.2 Å². The number of halogens is 1. The molecule has 8 heteroatoms. The summed E-state index contributed by atoms with van der Waals surface area (Å²) in [7, 11) is 1.86. The standard InChI is InChI=1S/C34H38ClN5O2/c1-24(30-21-26-8-6-7-9-27(26)22-36-30)37-31(20-25-12-14-28(35)15-13-25)32(41)39-18-16-34(17-19-39)33(42)38(2)23-40(34)29-10-4-3-5-11-29/h3-15,30-31,36-37H,1,16-23H2,2H3/t30-,31-/m1/s1. The molecule has 3 aliphatic heterocycles. The van der Waals surface area contributed by atoms with E-state index in [0.717, 1.165) is 29.9 Å². The summed E-state index contributed by atoms with van der Waals surface area (Å²) in [6, 6.07) is 25.8. The van der Waals surface area contributed by atoms with Crippen molar-refractivity contribution in [1.29, 1.82) is 0 Å². The predicted octanol–water partition coefficient (Wildman–Crippen LogP) is 4.37. The first-order chi connectivity index (χ1) is 20.3. The Morgan fingerprint density at radius 3 is 2.40 bits per heavy atom. The van der Waals surface area contributed by atoms with Gasteiger partial charge in [0, 0.05) is 49.5 Å². The minimum Gasteiger partial charge on any atom is -0.376 e. The quantitative estimate of drug-likeness (QED) is 0.432. The summed E-state index contributed by atoms with van der Waals surface area (Å²) >= 11 is 6.15. The van der Waals surface area contributed by atoms with Crippen LogP contribution in [0.2, 0.25) is 5.02 Å². The van der Waals surface area contributed by atoms with E-state index in [1.807, 2.05) is 54.4 Å². The van der Waals surface area contributed by atoms with E-state index in [-0.39, 0.29) is 17.9 Å². The molecule has 0 unspecified atom stereocenters. The van der Waals surface area contributed by atoms with Crippen LogP contribution in [0.4, 0.5) is 5.69 Å². The Morgan fingerprint density at radius 1 is 1.02 bits per heavy atom. The van der Waals surface area contributed by atoms with Crippen molar-refractivity contribution in [3.05, 3.63) is 113 Å². The molecule has 2 N–H and O–H groups in total. The second kappa shape index (κ2) is 11.8. The lowest BCUT2D eigenvalue weighted by Gasteiger charge is -2.44. The van der Waals surface area contributed by atoms with Gasteiger partial charge in [-0.1, -0.05) is 72.8 Å². The minimum absolute atomic E-state index is 0.0242. The first-order valence-corrected chi connectivity index (χ1v) is 15.1. The van der Waals surface area contributed by atoms with Crippen molar-refractivity contribution < 1.29 is 9.59 Å². The van der Waals surface area contributed by atoms with Gasteiger partial charge >= 0.3 is 0 Å². The van der Waals surface area contributed by atoms with Crippen molar-refractivity contribution in [2.75, 3.05) is 31.7 Å². The van der Waals surface area contributed by atoms with Gasteiger partial charge in [-0.2, -0.15) is 0 Å². The monoisotopic (exact) mass is 583 g/mol. The Labute approximate surface area is 253 Å². The normalized spacial score (nSPS) is 20.4. The summed E-state index contributed by atoms with van der Waals surface area (Å²) < 4.78 is 0. The number of para-hydroxylation sites is 1. The summed E-state index contributed by atoms with van der Waals surface area (Å²) in [5.41, 5.74) is 4.85. The van der Waals surface area contributed by atoms with E-state index in [4.69, 9.17) is 11.6 Å². The molecule has 1 spiro atoms. The second-order valence-corrected chi connectivity index (χ2v) is 12.2. The molecular weight excluding hydrogens is 546 g/mol. The maximum Gasteiger partial charge on any atom is 0.249 e. The molecule has 2 amide bonds. The van der Waals surface area contributed by atoms with Crippen LogP contribution in [0.3, 0.4) is 0 Å². The number of rotatable bonds is 7. The number of amides is 2. The molecule has 42 heavy (non-hydrogen) atoms. The lowest BCUT2D eigenvalue weighted by atomic mass is 9.85. The van der Waals surface area contributed by atoms with E-state index < -0.39 is 11.6 Å². The molecule has 218 valence electrons. The van der Waals surface area contributed by atoms with Gasteiger partial charge in [0.05, 0.1) is 12.7 Å². The Hall–Kier alpha value is -3.81. The molecule has 2 saturated heterocycles. The van der Waals surface area contributed by atoms with Crippen LogP contribution in [0.5, 0.6) is 0 Å². The number of anilines is 1. The number of hydrogen-bond donors (Lipinski definition) is 2. The number of benzene rings is 3. The van der Waals surface area contributed by atoms with E-state index in [1.54, 1.807) is 4.90 Å². The van der Waals surface area contributed by atoms with E-state index in [2.05, 4.69) is 58.5 Å². The average molecular weight is 584 g/mol. The van der Waals surface area contributed by atoms with E-state index in [9.17, 15) is 9.59 Å². The van der Waals surface area contributed by atoms with Gasteiger partial charge < -0.3 is 25.3 Å². The highest BCUT2D eigenvalue weighted by molar-refractivity contribution is 6.30. The molecule has 0 radical (unpaired) electrons. The zero-order valence-corrected chi connectivity index (χ0v) is 24.8. The molecule has 3 aliphatic rings. The molecule has 6 rings (SSSR count). The second-order valence-electron chi connectivity index (χ2n) is 11.7. The van der Waals surface area contributed by atoms with Crippen molar-refractivity contribution in [3.63, 3.8) is 0 Å². The van der Waals surface area contributed by atoms with Crippen LogP contribution in [0, 0.1) is 0 Å². The number of nitrogens with one attached hydrogen (secondary N) is 2. The van der Waals surface area contributed by atoms with Crippen molar-refractivity contribution in [2.45, 2.75) is 49.9 Å². The number of carbonyl (C=O) groups excluding carboxylic acids is 2. The van der Waals surface area contributed by atoms with Gasteiger partial charge in [0.1, 0.15) is 11.6 Å². The summed E-state index contributed by atoms with van der Waals surface area (Å²) in [5.74, 6) is 0.161. The van der Waals surface area contributed by atoms with Crippen LogP contribution in [-0.4, -0.2) is 66.0 Å². The summed E-state index contributed by atoms with van der Waals surface area (Å²) in [4.78, 5) is 33.6. The number of carbonyl (C=O) groups is 2. The Balaban J connectivity index is 1.18. The minimum atomic E-state index is -0.630. The van der Waals surface area contributed by atoms with Gasteiger partial charge in [0.2, 0.25) is 11.8 Å². The largest absolute Gasteiger partial charge is 0.376 e. The van der Waals surface area contributed by atoms with E-state index in [1.165, 1.54) is 11.1 Å². The fraction of sp³-hybridized carbons (Fsp3) is 0.353. The molecule has 2 atom stereocenters. The molecule has 0 saturated carbocycles. The van der Waals surface area contributed by atoms with Crippen molar-refractivity contribution in [2.24, 2.45) is 0 Å². The molecule has 3 heterocycles. The molecule has 7 nitrogen and oxygen atoms in total. The lowest BCUT2D eigenvalue weighted by Crippen LogP contribution is -2.59. The number of likely N-dealkylation sites (N-methyl/N-ethyl adjacent to an activating group) is 1. The van der Waals surface area contributed by atoms with Crippen molar-refractivity contribution in [3.8, 4) is 0 Å². The zero-order chi connectivity index (χ0) is 29.3. The SMILES string of the molecule is C=C(N[C@H](Cc1ccc(Cl)cc1)C(=O)N1CCC2(CC1)C(=O)N(C)CN2c1ccccc1)[C@H]1Cc2ccccc2CN1. The Kier molecular flexibility index (Phi) is 7.97. The van der Waals surface area contributed by atoms with Crippen molar-refractivity contribution >= 4 is 29.1 Å². The van der Waals surface area contributed by atoms with Crippen LogP contribution in [0.15, 0.2) is 91.1 Å². The van der Waals surface area contributed by atoms with Gasteiger partial charge in [-0.3, -0.25) is 9.59 Å². The van der Waals surface area contributed by atoms with Gasteiger partial charge in [-0.15, -0.1) is 0 Å². The third-order valence-corrected chi connectivity index (χ3v) is 9.35. The summed E-state index contributed by atoms with van der Waals surface area (Å²) in [5, 5.41) is 7.77. The van der Waals surface area contributed by atoms with Gasteiger partial charge in [0.15, 0.2) is 0 Å². The molecule has 0 bridgehead atoms. The fourth-order valence-electron chi connectivity index (χ4n) is 6.70.